The van der Waals surface area contributed by atoms with E-state index >= 15 is 0 Å². The third kappa shape index (κ3) is 1.99. The molecule has 0 bridgehead atoms. The van der Waals surface area contributed by atoms with Crippen LogP contribution in [0.1, 0.15) is 16.2 Å². The number of carbonyl (C=O) groups is 1. The summed E-state index contributed by atoms with van der Waals surface area (Å²) in [7, 11) is 1.53. The van der Waals surface area contributed by atoms with Crippen molar-refractivity contribution in [3.8, 4) is 11.8 Å². The Balaban J connectivity index is 2.44. The van der Waals surface area contributed by atoms with Gasteiger partial charge in [0.1, 0.15) is 11.8 Å². The van der Waals surface area contributed by atoms with Crippen LogP contribution in [-0.4, -0.2) is 27.7 Å². The number of hydrogen-bond acceptors (Lipinski definition) is 4. The largest absolute Gasteiger partial charge is 0.354 e. The Labute approximate surface area is 97.5 Å². The SMILES string of the molecule is CNC(=O)c1ccn(-c2cccnc2C#N)n1. The Morgan fingerprint density at radius 1 is 1.53 bits per heavy atom. The van der Waals surface area contributed by atoms with E-state index < -0.39 is 0 Å². The summed E-state index contributed by atoms with van der Waals surface area (Å²) in [4.78, 5) is 15.3. The van der Waals surface area contributed by atoms with Crippen LogP contribution in [0.15, 0.2) is 30.6 Å². The van der Waals surface area contributed by atoms with Crippen molar-refractivity contribution in [2.75, 3.05) is 7.05 Å². The molecule has 2 aromatic rings. The first kappa shape index (κ1) is 10.8. The second-order valence-corrected chi connectivity index (χ2v) is 3.21. The Kier molecular flexibility index (Phi) is 2.83. The number of nitrogens with zero attached hydrogens (tertiary/aromatic N) is 4. The molecular weight excluding hydrogens is 218 g/mol. The number of amides is 1. The van der Waals surface area contributed by atoms with Crippen LogP contribution in [-0.2, 0) is 0 Å². The van der Waals surface area contributed by atoms with E-state index in [4.69, 9.17) is 5.26 Å². The molecule has 2 heterocycles. The van der Waals surface area contributed by atoms with Crippen LogP contribution in [0.3, 0.4) is 0 Å². The maximum atomic E-state index is 11.3. The lowest BCUT2D eigenvalue weighted by atomic mass is 10.3. The van der Waals surface area contributed by atoms with Gasteiger partial charge in [-0.1, -0.05) is 0 Å². The molecule has 0 fully saturated rings. The van der Waals surface area contributed by atoms with Crippen molar-refractivity contribution >= 4 is 5.91 Å². The minimum Gasteiger partial charge on any atom is -0.354 e. The lowest BCUT2D eigenvalue weighted by molar-refractivity contribution is 0.0957. The molecule has 1 N–H and O–H groups in total. The van der Waals surface area contributed by atoms with E-state index in [1.165, 1.54) is 17.9 Å². The van der Waals surface area contributed by atoms with Crippen molar-refractivity contribution in [3.05, 3.63) is 42.0 Å². The highest BCUT2D eigenvalue weighted by molar-refractivity contribution is 5.91. The van der Waals surface area contributed by atoms with Crippen molar-refractivity contribution < 1.29 is 4.79 Å². The monoisotopic (exact) mass is 227 g/mol. The molecule has 0 spiro atoms. The van der Waals surface area contributed by atoms with Crippen LogP contribution in [0.5, 0.6) is 0 Å². The van der Waals surface area contributed by atoms with Gasteiger partial charge in [-0.25, -0.2) is 9.67 Å². The fourth-order valence-electron chi connectivity index (χ4n) is 1.38. The van der Waals surface area contributed by atoms with E-state index in [0.29, 0.717) is 11.4 Å². The number of pyridine rings is 1. The van der Waals surface area contributed by atoms with E-state index in [2.05, 4.69) is 15.4 Å². The highest BCUT2D eigenvalue weighted by Crippen LogP contribution is 2.10. The number of hydrogen-bond donors (Lipinski definition) is 1. The number of carbonyl (C=O) groups excluding carboxylic acids is 1. The molecule has 0 saturated carbocycles. The molecule has 1 amide bonds. The van der Waals surface area contributed by atoms with Gasteiger partial charge in [-0.3, -0.25) is 4.79 Å². The molecule has 6 heteroatoms. The smallest absolute Gasteiger partial charge is 0.271 e. The molecule has 6 nitrogen and oxygen atoms in total. The summed E-state index contributed by atoms with van der Waals surface area (Å²) in [5.74, 6) is -0.272. The highest BCUT2D eigenvalue weighted by Gasteiger charge is 2.10. The summed E-state index contributed by atoms with van der Waals surface area (Å²) in [5, 5.41) is 15.5. The van der Waals surface area contributed by atoms with Gasteiger partial charge in [0.05, 0.1) is 0 Å². The second-order valence-electron chi connectivity index (χ2n) is 3.21. The number of nitrogens with one attached hydrogen (secondary N) is 1. The van der Waals surface area contributed by atoms with Gasteiger partial charge in [-0.05, 0) is 18.2 Å². The maximum absolute atomic E-state index is 11.3. The molecular formula is C11H9N5O. The minimum absolute atomic E-state index is 0.263. The predicted molar refractivity (Wildman–Crippen MR) is 59.5 cm³/mol. The Morgan fingerprint density at radius 3 is 3.06 bits per heavy atom. The molecule has 0 unspecified atom stereocenters. The molecule has 0 atom stereocenters. The average Bonchev–Trinajstić information content (AvgIpc) is 2.87. The Bertz CT molecular complexity index is 596. The van der Waals surface area contributed by atoms with Crippen molar-refractivity contribution in [3.63, 3.8) is 0 Å². The van der Waals surface area contributed by atoms with Crippen LogP contribution in [0.25, 0.3) is 5.69 Å². The predicted octanol–water partition coefficient (Wildman–Crippen LogP) is 0.499. The summed E-state index contributed by atoms with van der Waals surface area (Å²) in [5.41, 5.74) is 1.10. The van der Waals surface area contributed by atoms with Gasteiger partial charge >= 0.3 is 0 Å². The Morgan fingerprint density at radius 2 is 2.35 bits per heavy atom. The van der Waals surface area contributed by atoms with Crippen LogP contribution >= 0.6 is 0 Å². The number of rotatable bonds is 2. The van der Waals surface area contributed by atoms with Gasteiger partial charge < -0.3 is 5.32 Å². The first-order valence-electron chi connectivity index (χ1n) is 4.89. The summed E-state index contributed by atoms with van der Waals surface area (Å²) in [6.07, 6.45) is 3.15. The first-order valence-corrected chi connectivity index (χ1v) is 4.89. The number of nitriles is 1. The fraction of sp³-hybridized carbons (Fsp3) is 0.0909. The zero-order valence-corrected chi connectivity index (χ0v) is 9.08. The quantitative estimate of drug-likeness (QED) is 0.809. The first-order chi connectivity index (χ1) is 8.26. The summed E-state index contributed by atoms with van der Waals surface area (Å²) < 4.78 is 1.45. The van der Waals surface area contributed by atoms with Crippen LogP contribution < -0.4 is 5.32 Å². The Hall–Kier alpha value is -2.68. The molecule has 0 aliphatic carbocycles. The number of aromatic nitrogens is 3. The van der Waals surface area contributed by atoms with Crippen molar-refractivity contribution in [1.29, 1.82) is 5.26 Å². The zero-order valence-electron chi connectivity index (χ0n) is 9.08. The average molecular weight is 227 g/mol. The van der Waals surface area contributed by atoms with E-state index in [0.717, 1.165) is 0 Å². The third-order valence-electron chi connectivity index (χ3n) is 2.19. The van der Waals surface area contributed by atoms with Gasteiger partial charge in [0, 0.05) is 19.4 Å². The van der Waals surface area contributed by atoms with Crippen LogP contribution in [0, 0.1) is 11.3 Å². The molecule has 84 valence electrons. The standard InChI is InChI=1S/C11H9N5O/c1-13-11(17)8-4-6-16(15-8)10-3-2-5-14-9(10)7-12/h2-6H,1H3,(H,13,17). The molecule has 2 aromatic heterocycles. The van der Waals surface area contributed by atoms with E-state index in [1.807, 2.05) is 6.07 Å². The van der Waals surface area contributed by atoms with Gasteiger partial charge in [0.2, 0.25) is 0 Å². The van der Waals surface area contributed by atoms with Crippen molar-refractivity contribution in [1.82, 2.24) is 20.1 Å². The molecule has 17 heavy (non-hydrogen) atoms. The molecule has 2 rings (SSSR count). The lowest BCUT2D eigenvalue weighted by Crippen LogP contribution is -2.18. The van der Waals surface area contributed by atoms with Gasteiger partial charge in [-0.15, -0.1) is 0 Å². The maximum Gasteiger partial charge on any atom is 0.271 e. The molecule has 0 saturated heterocycles. The van der Waals surface area contributed by atoms with E-state index in [-0.39, 0.29) is 11.6 Å². The zero-order chi connectivity index (χ0) is 12.3. The van der Waals surface area contributed by atoms with Crippen LogP contribution in [0.2, 0.25) is 0 Å². The normalized spacial score (nSPS) is 9.65. The molecule has 0 aliphatic heterocycles. The summed E-state index contributed by atoms with van der Waals surface area (Å²) in [6, 6.07) is 6.97. The summed E-state index contributed by atoms with van der Waals surface area (Å²) >= 11 is 0. The third-order valence-corrected chi connectivity index (χ3v) is 2.19. The molecule has 0 aliphatic rings. The topological polar surface area (TPSA) is 83.6 Å². The van der Waals surface area contributed by atoms with Crippen molar-refractivity contribution in [2.45, 2.75) is 0 Å². The van der Waals surface area contributed by atoms with E-state index in [9.17, 15) is 4.79 Å². The van der Waals surface area contributed by atoms with Gasteiger partial charge in [-0.2, -0.15) is 10.4 Å². The lowest BCUT2D eigenvalue weighted by Gasteiger charge is -2.01. The fourth-order valence-corrected chi connectivity index (χ4v) is 1.38. The molecule has 0 radical (unpaired) electrons. The second kappa shape index (κ2) is 4.45. The highest BCUT2D eigenvalue weighted by atomic mass is 16.1. The van der Waals surface area contributed by atoms with E-state index in [1.54, 1.807) is 24.4 Å². The van der Waals surface area contributed by atoms with Crippen LogP contribution in [0.4, 0.5) is 0 Å². The van der Waals surface area contributed by atoms with Crippen molar-refractivity contribution in [2.24, 2.45) is 0 Å². The van der Waals surface area contributed by atoms with Gasteiger partial charge in [0.15, 0.2) is 11.4 Å². The molecule has 0 aromatic carbocycles. The van der Waals surface area contributed by atoms with Gasteiger partial charge in [0.25, 0.3) is 5.91 Å². The summed E-state index contributed by atoms with van der Waals surface area (Å²) in [6.45, 7) is 0. The minimum atomic E-state index is -0.272.